The smallest absolute Gasteiger partial charge is 0.341 e. The summed E-state index contributed by atoms with van der Waals surface area (Å²) in [6.45, 7) is 1.71. The van der Waals surface area contributed by atoms with Crippen molar-refractivity contribution in [2.75, 3.05) is 24.6 Å². The molecule has 3 rings (SSSR count). The minimum Gasteiger partial charge on any atom is -0.477 e. The van der Waals surface area contributed by atoms with Crippen molar-refractivity contribution in [3.8, 4) is 0 Å². The van der Waals surface area contributed by atoms with Gasteiger partial charge < -0.3 is 19.7 Å². The third-order valence-corrected chi connectivity index (χ3v) is 3.76. The normalized spacial score (nSPS) is 14.7. The summed E-state index contributed by atoms with van der Waals surface area (Å²) in [5, 5.41) is 18.4. The SMILES string of the molecule is O=C(O)c1cn(CCO)c2nc(N3CCCC3)ncc2c1=O. The summed E-state index contributed by atoms with van der Waals surface area (Å²) >= 11 is 0. The van der Waals surface area contributed by atoms with Crippen LogP contribution in [0.5, 0.6) is 0 Å². The predicted molar refractivity (Wildman–Crippen MR) is 79.3 cm³/mol. The van der Waals surface area contributed by atoms with Gasteiger partial charge in [0.2, 0.25) is 11.4 Å². The standard InChI is InChI=1S/C14H16N4O4/c19-6-5-18-8-10(13(21)22)11(20)9-7-15-14(16-12(9)18)17-3-1-2-4-17/h7-8,19H,1-6H2,(H,21,22). The molecule has 2 aromatic heterocycles. The number of anilines is 1. The number of aromatic nitrogens is 3. The van der Waals surface area contributed by atoms with E-state index in [1.165, 1.54) is 17.0 Å². The summed E-state index contributed by atoms with van der Waals surface area (Å²) < 4.78 is 1.49. The molecule has 0 unspecified atom stereocenters. The largest absolute Gasteiger partial charge is 0.477 e. The van der Waals surface area contributed by atoms with Crippen LogP contribution in [-0.2, 0) is 6.54 Å². The van der Waals surface area contributed by atoms with Crippen molar-refractivity contribution in [1.82, 2.24) is 14.5 Å². The Morgan fingerprint density at radius 1 is 1.32 bits per heavy atom. The molecule has 1 saturated heterocycles. The van der Waals surface area contributed by atoms with Crippen molar-refractivity contribution in [1.29, 1.82) is 0 Å². The zero-order valence-electron chi connectivity index (χ0n) is 11.9. The second kappa shape index (κ2) is 5.72. The molecular formula is C14H16N4O4. The minimum atomic E-state index is -1.30. The third-order valence-electron chi connectivity index (χ3n) is 3.76. The van der Waals surface area contributed by atoms with Crippen molar-refractivity contribution in [3.63, 3.8) is 0 Å². The maximum absolute atomic E-state index is 12.2. The van der Waals surface area contributed by atoms with Gasteiger partial charge in [-0.1, -0.05) is 0 Å². The zero-order chi connectivity index (χ0) is 15.7. The van der Waals surface area contributed by atoms with Crippen molar-refractivity contribution in [2.45, 2.75) is 19.4 Å². The van der Waals surface area contributed by atoms with E-state index in [0.717, 1.165) is 25.9 Å². The van der Waals surface area contributed by atoms with Gasteiger partial charge >= 0.3 is 5.97 Å². The minimum absolute atomic E-state index is 0.149. The van der Waals surface area contributed by atoms with Crippen molar-refractivity contribution < 1.29 is 15.0 Å². The van der Waals surface area contributed by atoms with Crippen LogP contribution in [0, 0.1) is 0 Å². The first-order valence-corrected chi connectivity index (χ1v) is 7.11. The highest BCUT2D eigenvalue weighted by molar-refractivity contribution is 5.91. The van der Waals surface area contributed by atoms with Crippen molar-refractivity contribution >= 4 is 23.0 Å². The number of pyridine rings is 1. The number of carboxylic acid groups (broad SMARTS) is 1. The molecule has 1 aliphatic rings. The Morgan fingerprint density at radius 3 is 2.68 bits per heavy atom. The topological polar surface area (TPSA) is 109 Å². The van der Waals surface area contributed by atoms with Crippen LogP contribution in [-0.4, -0.2) is 50.4 Å². The number of carboxylic acids is 1. The molecule has 0 spiro atoms. The number of aliphatic hydroxyl groups is 1. The van der Waals surface area contributed by atoms with Gasteiger partial charge in [0, 0.05) is 32.0 Å². The lowest BCUT2D eigenvalue weighted by Crippen LogP contribution is -2.24. The lowest BCUT2D eigenvalue weighted by atomic mass is 10.2. The predicted octanol–water partition coefficient (Wildman–Crippen LogP) is 0.0822. The fourth-order valence-corrected chi connectivity index (χ4v) is 2.66. The molecule has 1 fully saturated rings. The number of hydrogen-bond acceptors (Lipinski definition) is 6. The molecule has 0 bridgehead atoms. The number of aliphatic hydroxyl groups excluding tert-OH is 1. The number of nitrogens with zero attached hydrogens (tertiary/aromatic N) is 4. The molecule has 3 heterocycles. The van der Waals surface area contributed by atoms with Gasteiger partial charge in [0.05, 0.1) is 12.0 Å². The number of carbonyl (C=O) groups is 1. The summed E-state index contributed by atoms with van der Waals surface area (Å²) in [5.74, 6) is -0.777. The molecule has 116 valence electrons. The molecule has 1 aliphatic heterocycles. The molecule has 0 aromatic carbocycles. The van der Waals surface area contributed by atoms with E-state index in [1.807, 2.05) is 4.90 Å². The van der Waals surface area contributed by atoms with Crippen LogP contribution in [0.3, 0.4) is 0 Å². The summed E-state index contributed by atoms with van der Waals surface area (Å²) in [5.41, 5.74) is -0.607. The van der Waals surface area contributed by atoms with Crippen LogP contribution in [0.25, 0.3) is 11.0 Å². The van der Waals surface area contributed by atoms with Crippen LogP contribution >= 0.6 is 0 Å². The van der Waals surface area contributed by atoms with E-state index in [1.54, 1.807) is 0 Å². The molecule has 0 aliphatic carbocycles. The first-order chi connectivity index (χ1) is 10.6. The quantitative estimate of drug-likeness (QED) is 0.823. The van der Waals surface area contributed by atoms with E-state index in [2.05, 4.69) is 9.97 Å². The molecule has 0 amide bonds. The third kappa shape index (κ3) is 2.41. The van der Waals surface area contributed by atoms with Crippen molar-refractivity contribution in [3.05, 3.63) is 28.2 Å². The summed E-state index contributed by atoms with van der Waals surface area (Å²) in [7, 11) is 0. The molecule has 0 atom stereocenters. The molecule has 2 aromatic rings. The molecule has 8 heteroatoms. The first-order valence-electron chi connectivity index (χ1n) is 7.11. The van der Waals surface area contributed by atoms with Crippen molar-refractivity contribution in [2.24, 2.45) is 0 Å². The molecule has 22 heavy (non-hydrogen) atoms. The Morgan fingerprint density at radius 2 is 2.05 bits per heavy atom. The summed E-state index contributed by atoms with van der Waals surface area (Å²) in [6, 6.07) is 0. The van der Waals surface area contributed by atoms with Crippen LogP contribution in [0.15, 0.2) is 17.2 Å². The second-order valence-electron chi connectivity index (χ2n) is 5.20. The first kappa shape index (κ1) is 14.5. The van der Waals surface area contributed by atoms with Gasteiger partial charge in [0.25, 0.3) is 0 Å². The Kier molecular flexibility index (Phi) is 3.76. The second-order valence-corrected chi connectivity index (χ2v) is 5.20. The van der Waals surface area contributed by atoms with E-state index in [9.17, 15) is 9.59 Å². The van der Waals surface area contributed by atoms with Crippen LogP contribution in [0.1, 0.15) is 23.2 Å². The highest BCUT2D eigenvalue weighted by Crippen LogP contribution is 2.18. The van der Waals surface area contributed by atoms with Crippen LogP contribution < -0.4 is 10.3 Å². The van der Waals surface area contributed by atoms with Crippen LogP contribution in [0.2, 0.25) is 0 Å². The van der Waals surface area contributed by atoms with E-state index in [0.29, 0.717) is 11.6 Å². The number of aromatic carboxylic acids is 1. The number of fused-ring (bicyclic) bond motifs is 1. The Balaban J connectivity index is 2.21. The number of rotatable bonds is 4. The fraction of sp³-hybridized carbons (Fsp3) is 0.429. The zero-order valence-corrected chi connectivity index (χ0v) is 11.9. The average molecular weight is 304 g/mol. The van der Waals surface area contributed by atoms with E-state index in [-0.39, 0.29) is 24.1 Å². The Labute approximate surface area is 125 Å². The summed E-state index contributed by atoms with van der Waals surface area (Å²) in [4.78, 5) is 34.0. The lowest BCUT2D eigenvalue weighted by molar-refractivity contribution is 0.0694. The monoisotopic (exact) mass is 304 g/mol. The van der Waals surface area contributed by atoms with Gasteiger partial charge in [0.1, 0.15) is 11.2 Å². The average Bonchev–Trinajstić information content (AvgIpc) is 3.04. The van der Waals surface area contributed by atoms with E-state index < -0.39 is 11.4 Å². The molecule has 8 nitrogen and oxygen atoms in total. The summed E-state index contributed by atoms with van der Waals surface area (Å²) in [6.07, 6.45) is 4.74. The molecule has 0 saturated carbocycles. The van der Waals surface area contributed by atoms with Gasteiger partial charge in [-0.15, -0.1) is 0 Å². The fourth-order valence-electron chi connectivity index (χ4n) is 2.66. The highest BCUT2D eigenvalue weighted by atomic mass is 16.4. The van der Waals surface area contributed by atoms with Gasteiger partial charge in [-0.05, 0) is 12.8 Å². The molecule has 2 N–H and O–H groups in total. The lowest BCUT2D eigenvalue weighted by Gasteiger charge is -2.16. The molecule has 0 radical (unpaired) electrons. The maximum Gasteiger partial charge on any atom is 0.341 e. The Bertz CT molecular complexity index is 780. The van der Waals surface area contributed by atoms with Crippen LogP contribution in [0.4, 0.5) is 5.95 Å². The Hall–Kier alpha value is -2.48. The maximum atomic E-state index is 12.2. The number of hydrogen-bond donors (Lipinski definition) is 2. The van der Waals surface area contributed by atoms with Gasteiger partial charge in [0.15, 0.2) is 0 Å². The van der Waals surface area contributed by atoms with Gasteiger partial charge in [-0.2, -0.15) is 4.98 Å². The van der Waals surface area contributed by atoms with E-state index in [4.69, 9.17) is 10.2 Å². The highest BCUT2D eigenvalue weighted by Gasteiger charge is 2.19. The van der Waals surface area contributed by atoms with Gasteiger partial charge in [-0.25, -0.2) is 9.78 Å². The van der Waals surface area contributed by atoms with E-state index >= 15 is 0 Å². The van der Waals surface area contributed by atoms with Gasteiger partial charge in [-0.3, -0.25) is 4.79 Å². The molecular weight excluding hydrogens is 288 g/mol.